The smallest absolute Gasteiger partial charge is 0.274 e. The van der Waals surface area contributed by atoms with E-state index in [1.54, 1.807) is 23.1 Å². The van der Waals surface area contributed by atoms with Gasteiger partial charge in [-0.05, 0) is 55.8 Å². The standard InChI is InChI=1S/C22H19N3O2/c1-15-8-10-17(11-9-15)23-22(26)20-14-19(21-7-4-12-27-21)24-25(20)18-6-3-5-16(2)13-18/h3-14H,1-2H3,(H,23,26). The number of hydrogen-bond acceptors (Lipinski definition) is 3. The Labute approximate surface area is 157 Å². The fraction of sp³-hybridized carbons (Fsp3) is 0.0909. The molecule has 0 radical (unpaired) electrons. The van der Waals surface area contributed by atoms with Gasteiger partial charge in [-0.3, -0.25) is 4.79 Å². The SMILES string of the molecule is Cc1ccc(NC(=O)c2cc(-c3ccco3)nn2-c2cccc(C)c2)cc1. The van der Waals surface area contributed by atoms with Gasteiger partial charge in [0.1, 0.15) is 11.4 Å². The van der Waals surface area contributed by atoms with Crippen LogP contribution in [0.4, 0.5) is 5.69 Å². The largest absolute Gasteiger partial charge is 0.463 e. The lowest BCUT2D eigenvalue weighted by Crippen LogP contribution is -2.17. The maximum Gasteiger partial charge on any atom is 0.274 e. The topological polar surface area (TPSA) is 60.1 Å². The number of rotatable bonds is 4. The van der Waals surface area contributed by atoms with Gasteiger partial charge in [0.15, 0.2) is 5.76 Å². The highest BCUT2D eigenvalue weighted by molar-refractivity contribution is 6.04. The third-order valence-corrected chi connectivity index (χ3v) is 4.27. The van der Waals surface area contributed by atoms with Crippen LogP contribution in [0, 0.1) is 13.8 Å². The normalized spacial score (nSPS) is 10.7. The van der Waals surface area contributed by atoms with E-state index < -0.39 is 0 Å². The first-order chi connectivity index (χ1) is 13.1. The number of furan rings is 1. The molecule has 1 amide bonds. The average Bonchev–Trinajstić information content (AvgIpc) is 3.33. The summed E-state index contributed by atoms with van der Waals surface area (Å²) in [5, 5.41) is 7.54. The molecule has 0 aliphatic carbocycles. The molecule has 0 fully saturated rings. The molecule has 0 aliphatic heterocycles. The van der Waals surface area contributed by atoms with Crippen LogP contribution < -0.4 is 5.32 Å². The van der Waals surface area contributed by atoms with Gasteiger partial charge in [-0.2, -0.15) is 5.10 Å². The minimum absolute atomic E-state index is 0.231. The molecule has 0 spiro atoms. The third-order valence-electron chi connectivity index (χ3n) is 4.27. The summed E-state index contributed by atoms with van der Waals surface area (Å²) in [7, 11) is 0. The third kappa shape index (κ3) is 3.53. The fourth-order valence-electron chi connectivity index (χ4n) is 2.88. The molecule has 0 atom stereocenters. The fourth-order valence-corrected chi connectivity index (χ4v) is 2.88. The summed E-state index contributed by atoms with van der Waals surface area (Å²) in [6.07, 6.45) is 1.59. The molecule has 4 aromatic rings. The van der Waals surface area contributed by atoms with E-state index in [1.165, 1.54) is 0 Å². The predicted octanol–water partition coefficient (Wildman–Crippen LogP) is 5.00. The highest BCUT2D eigenvalue weighted by Crippen LogP contribution is 2.23. The molecule has 5 nitrogen and oxygen atoms in total. The summed E-state index contributed by atoms with van der Waals surface area (Å²) in [4.78, 5) is 13.0. The summed E-state index contributed by atoms with van der Waals surface area (Å²) in [6.45, 7) is 4.01. The van der Waals surface area contributed by atoms with Crippen LogP contribution in [0.25, 0.3) is 17.1 Å². The Kier molecular flexibility index (Phi) is 4.34. The maximum atomic E-state index is 13.0. The van der Waals surface area contributed by atoms with Crippen LogP contribution in [-0.2, 0) is 0 Å². The Balaban J connectivity index is 1.75. The van der Waals surface area contributed by atoms with Crippen LogP contribution in [0.1, 0.15) is 21.6 Å². The van der Waals surface area contributed by atoms with Crippen LogP contribution >= 0.6 is 0 Å². The van der Waals surface area contributed by atoms with Crippen molar-refractivity contribution >= 4 is 11.6 Å². The minimum Gasteiger partial charge on any atom is -0.463 e. The number of amides is 1. The number of aromatic nitrogens is 2. The summed E-state index contributed by atoms with van der Waals surface area (Å²) >= 11 is 0. The zero-order valence-electron chi connectivity index (χ0n) is 15.1. The number of anilines is 1. The van der Waals surface area contributed by atoms with E-state index in [1.807, 2.05) is 68.4 Å². The van der Waals surface area contributed by atoms with Gasteiger partial charge < -0.3 is 9.73 Å². The van der Waals surface area contributed by atoms with Gasteiger partial charge in [-0.25, -0.2) is 4.68 Å². The number of aryl methyl sites for hydroxylation is 2. The van der Waals surface area contributed by atoms with Crippen molar-refractivity contribution < 1.29 is 9.21 Å². The summed E-state index contributed by atoms with van der Waals surface area (Å²) in [5.74, 6) is 0.386. The van der Waals surface area contributed by atoms with Crippen molar-refractivity contribution in [1.29, 1.82) is 0 Å². The molecule has 1 N–H and O–H groups in total. The zero-order chi connectivity index (χ0) is 18.8. The average molecular weight is 357 g/mol. The molecule has 0 unspecified atom stereocenters. The maximum absolute atomic E-state index is 13.0. The molecule has 0 aliphatic rings. The summed E-state index contributed by atoms with van der Waals surface area (Å²) < 4.78 is 7.10. The quantitative estimate of drug-likeness (QED) is 0.559. The van der Waals surface area contributed by atoms with Crippen LogP contribution in [0.5, 0.6) is 0 Å². The van der Waals surface area contributed by atoms with E-state index >= 15 is 0 Å². The molecule has 2 aromatic carbocycles. The van der Waals surface area contributed by atoms with Crippen molar-refractivity contribution in [3.63, 3.8) is 0 Å². The van der Waals surface area contributed by atoms with E-state index in [4.69, 9.17) is 4.42 Å². The van der Waals surface area contributed by atoms with Crippen molar-refractivity contribution in [2.24, 2.45) is 0 Å². The Bertz CT molecular complexity index is 1080. The van der Waals surface area contributed by atoms with Crippen molar-refractivity contribution in [2.45, 2.75) is 13.8 Å². The molecular formula is C22H19N3O2. The molecule has 2 aromatic heterocycles. The van der Waals surface area contributed by atoms with Crippen molar-refractivity contribution in [1.82, 2.24) is 9.78 Å². The summed E-state index contributed by atoms with van der Waals surface area (Å²) in [6, 6.07) is 20.9. The van der Waals surface area contributed by atoms with Gasteiger partial charge in [0.2, 0.25) is 0 Å². The zero-order valence-corrected chi connectivity index (χ0v) is 15.1. The van der Waals surface area contributed by atoms with Gasteiger partial charge in [0, 0.05) is 11.8 Å². The van der Waals surface area contributed by atoms with Gasteiger partial charge in [-0.15, -0.1) is 0 Å². The Hall–Kier alpha value is -3.60. The second-order valence-corrected chi connectivity index (χ2v) is 6.46. The molecule has 134 valence electrons. The monoisotopic (exact) mass is 357 g/mol. The van der Waals surface area contributed by atoms with E-state index in [-0.39, 0.29) is 5.91 Å². The lowest BCUT2D eigenvalue weighted by Gasteiger charge is -2.09. The first-order valence-electron chi connectivity index (χ1n) is 8.69. The molecular weight excluding hydrogens is 338 g/mol. The van der Waals surface area contributed by atoms with Gasteiger partial charge in [0.25, 0.3) is 5.91 Å². The lowest BCUT2D eigenvalue weighted by atomic mass is 10.2. The molecule has 4 rings (SSSR count). The first kappa shape index (κ1) is 16.8. The highest BCUT2D eigenvalue weighted by atomic mass is 16.3. The highest BCUT2D eigenvalue weighted by Gasteiger charge is 2.19. The van der Waals surface area contributed by atoms with Gasteiger partial charge >= 0.3 is 0 Å². The van der Waals surface area contributed by atoms with E-state index in [0.717, 1.165) is 22.5 Å². The van der Waals surface area contributed by atoms with Gasteiger partial charge in [-0.1, -0.05) is 29.8 Å². The molecule has 5 heteroatoms. The van der Waals surface area contributed by atoms with Crippen LogP contribution in [-0.4, -0.2) is 15.7 Å². The van der Waals surface area contributed by atoms with E-state index in [9.17, 15) is 4.79 Å². The Morgan fingerprint density at radius 1 is 0.963 bits per heavy atom. The van der Waals surface area contributed by atoms with Crippen LogP contribution in [0.2, 0.25) is 0 Å². The van der Waals surface area contributed by atoms with E-state index in [2.05, 4.69) is 10.4 Å². The molecule has 0 saturated heterocycles. The number of carbonyl (C=O) groups excluding carboxylic acids is 1. The number of nitrogens with one attached hydrogen (secondary N) is 1. The lowest BCUT2D eigenvalue weighted by molar-refractivity contribution is 0.101. The molecule has 27 heavy (non-hydrogen) atoms. The van der Waals surface area contributed by atoms with Crippen molar-refractivity contribution in [2.75, 3.05) is 5.32 Å². The number of carbonyl (C=O) groups is 1. The molecule has 0 bridgehead atoms. The minimum atomic E-state index is -0.231. The second kappa shape index (κ2) is 6.96. The van der Waals surface area contributed by atoms with Crippen LogP contribution in [0.3, 0.4) is 0 Å². The summed E-state index contributed by atoms with van der Waals surface area (Å²) in [5.41, 5.74) is 4.83. The van der Waals surface area contributed by atoms with Crippen molar-refractivity contribution in [3.05, 3.63) is 89.8 Å². The second-order valence-electron chi connectivity index (χ2n) is 6.46. The Morgan fingerprint density at radius 2 is 1.78 bits per heavy atom. The van der Waals surface area contributed by atoms with E-state index in [0.29, 0.717) is 17.1 Å². The van der Waals surface area contributed by atoms with Crippen LogP contribution in [0.15, 0.2) is 77.4 Å². The number of nitrogens with zero attached hydrogens (tertiary/aromatic N) is 2. The predicted molar refractivity (Wildman–Crippen MR) is 105 cm³/mol. The number of benzene rings is 2. The van der Waals surface area contributed by atoms with Crippen molar-refractivity contribution in [3.8, 4) is 17.1 Å². The van der Waals surface area contributed by atoms with Gasteiger partial charge in [0.05, 0.1) is 12.0 Å². The first-order valence-corrected chi connectivity index (χ1v) is 8.69. The number of hydrogen-bond donors (Lipinski definition) is 1. The Morgan fingerprint density at radius 3 is 2.48 bits per heavy atom. The molecule has 0 saturated carbocycles. The molecule has 2 heterocycles.